The topological polar surface area (TPSA) is 87.8 Å². The number of pyridine rings is 1. The maximum Gasteiger partial charge on any atom is 0.258 e. The zero-order chi connectivity index (χ0) is 32.1. The van der Waals surface area contributed by atoms with E-state index in [0.29, 0.717) is 27.8 Å². The van der Waals surface area contributed by atoms with Crippen molar-refractivity contribution < 1.29 is 9.53 Å². The number of rotatable bonds is 12. The molecule has 0 aliphatic carbocycles. The number of thiazole rings is 1. The van der Waals surface area contributed by atoms with Crippen molar-refractivity contribution in [3.8, 4) is 21.8 Å². The van der Waals surface area contributed by atoms with Gasteiger partial charge >= 0.3 is 0 Å². The Morgan fingerprint density at radius 2 is 1.79 bits per heavy atom. The molecular formula is C35H55N3O3S. The van der Waals surface area contributed by atoms with Gasteiger partial charge in [0, 0.05) is 53.9 Å². The van der Waals surface area contributed by atoms with E-state index in [-0.39, 0.29) is 5.56 Å². The summed E-state index contributed by atoms with van der Waals surface area (Å²) in [6.45, 7) is 24.1. The number of aromatic nitrogens is 3. The molecule has 3 heterocycles. The van der Waals surface area contributed by atoms with Gasteiger partial charge in [0.2, 0.25) is 0 Å². The van der Waals surface area contributed by atoms with Crippen LogP contribution in [0.1, 0.15) is 109 Å². The molecule has 2 N–H and O–H groups in total. The standard InChI is InChI=1S/C18H15N3O2S.C12H26O.C3H8.C2H6/c1-3-4-5-13-11(2)19-8-15(13)16-10-24-18(21-16)14-6-12(9-22)7-20-17(14)23;1-6-8-12(3,4)9-11(7-2)10-13-5;1-3-2;1-2/h3-10,19H,1H2,2H3,(H,20,23);11H,6-10H2,1-5H3;3H2,1-2H3;1-2H3/b5-4-;;;. The monoisotopic (exact) mass is 597 g/mol. The van der Waals surface area contributed by atoms with Gasteiger partial charge in [-0.2, -0.15) is 0 Å². The second-order valence-corrected chi connectivity index (χ2v) is 11.6. The highest BCUT2D eigenvalue weighted by Crippen LogP contribution is 2.32. The molecule has 0 saturated heterocycles. The SMILES string of the molecule is C=C/C=C\c1c(-c2csc(-c3cc(C=O)c[nH]c3=O)n2)c[nH]c1C.CC.CCC.CCCC(C)(C)CC(CC)COC. The average Bonchev–Trinajstić information content (AvgIpc) is 3.60. The van der Waals surface area contributed by atoms with Gasteiger partial charge in [0.15, 0.2) is 6.29 Å². The molecule has 6 nitrogen and oxygen atoms in total. The number of methoxy groups -OCH3 is 1. The second kappa shape index (κ2) is 21.6. The molecular weight excluding hydrogens is 542 g/mol. The number of allylic oxidation sites excluding steroid dienone is 2. The number of aromatic amines is 2. The Morgan fingerprint density at radius 3 is 2.33 bits per heavy atom. The van der Waals surface area contributed by atoms with Crippen LogP contribution in [0.2, 0.25) is 0 Å². The van der Waals surface area contributed by atoms with Crippen LogP contribution in [0.4, 0.5) is 0 Å². The number of ether oxygens (including phenoxy) is 1. The summed E-state index contributed by atoms with van der Waals surface area (Å²) in [6.07, 6.45) is 15.9. The van der Waals surface area contributed by atoms with Crippen LogP contribution in [-0.4, -0.2) is 35.0 Å². The first kappa shape index (κ1) is 39.0. The summed E-state index contributed by atoms with van der Waals surface area (Å²) in [7, 11) is 1.80. The summed E-state index contributed by atoms with van der Waals surface area (Å²) in [5.74, 6) is 0.742. The Balaban J connectivity index is 0.000000793. The van der Waals surface area contributed by atoms with Crippen LogP contribution in [0.5, 0.6) is 0 Å². The fourth-order valence-electron chi connectivity index (χ4n) is 4.49. The molecule has 0 radical (unpaired) electrons. The minimum absolute atomic E-state index is 0.265. The Hall–Kier alpha value is -3.03. The number of hydrogen-bond acceptors (Lipinski definition) is 5. The van der Waals surface area contributed by atoms with E-state index in [1.165, 1.54) is 49.6 Å². The van der Waals surface area contributed by atoms with Crippen LogP contribution in [-0.2, 0) is 4.74 Å². The molecule has 0 aliphatic heterocycles. The van der Waals surface area contributed by atoms with Crippen molar-refractivity contribution in [3.63, 3.8) is 0 Å². The Bertz CT molecular complexity index is 1250. The van der Waals surface area contributed by atoms with Gasteiger partial charge in [0.1, 0.15) is 5.01 Å². The lowest BCUT2D eigenvalue weighted by molar-refractivity contribution is 0.112. The quantitative estimate of drug-likeness (QED) is 0.161. The van der Waals surface area contributed by atoms with Crippen molar-refractivity contribution in [2.75, 3.05) is 13.7 Å². The van der Waals surface area contributed by atoms with Crippen molar-refractivity contribution in [2.24, 2.45) is 11.3 Å². The molecule has 0 aromatic carbocycles. The van der Waals surface area contributed by atoms with Crippen LogP contribution in [0, 0.1) is 18.3 Å². The van der Waals surface area contributed by atoms with Crippen molar-refractivity contribution in [3.05, 3.63) is 69.7 Å². The van der Waals surface area contributed by atoms with Crippen molar-refractivity contribution in [1.29, 1.82) is 0 Å². The number of carbonyl (C=O) groups excluding carboxylic acids is 1. The maximum absolute atomic E-state index is 12.0. The molecule has 0 spiro atoms. The summed E-state index contributed by atoms with van der Waals surface area (Å²) in [5, 5.41) is 2.48. The number of nitrogens with one attached hydrogen (secondary N) is 2. The van der Waals surface area contributed by atoms with E-state index in [4.69, 9.17) is 4.74 Å². The summed E-state index contributed by atoms with van der Waals surface area (Å²) < 4.78 is 5.22. The van der Waals surface area contributed by atoms with Crippen LogP contribution >= 0.6 is 11.3 Å². The molecule has 3 aromatic heterocycles. The van der Waals surface area contributed by atoms with Crippen LogP contribution in [0.15, 0.2) is 47.4 Å². The van der Waals surface area contributed by atoms with Crippen LogP contribution < -0.4 is 5.56 Å². The predicted molar refractivity (Wildman–Crippen MR) is 184 cm³/mol. The maximum atomic E-state index is 12.0. The fourth-order valence-corrected chi connectivity index (χ4v) is 5.33. The first-order valence-corrected chi connectivity index (χ1v) is 16.1. The van der Waals surface area contributed by atoms with Crippen molar-refractivity contribution in [2.45, 2.75) is 94.4 Å². The van der Waals surface area contributed by atoms with E-state index in [1.54, 1.807) is 19.3 Å². The van der Waals surface area contributed by atoms with E-state index in [2.05, 4.69) is 63.1 Å². The van der Waals surface area contributed by atoms with E-state index >= 15 is 0 Å². The lowest BCUT2D eigenvalue weighted by Crippen LogP contribution is -2.19. The Morgan fingerprint density at radius 1 is 1.12 bits per heavy atom. The third-order valence-electron chi connectivity index (χ3n) is 6.35. The fraction of sp³-hybridized carbons (Fsp3) is 0.514. The summed E-state index contributed by atoms with van der Waals surface area (Å²) in [4.78, 5) is 33.3. The van der Waals surface area contributed by atoms with Gasteiger partial charge in [-0.25, -0.2) is 4.98 Å². The zero-order valence-corrected chi connectivity index (χ0v) is 28.5. The summed E-state index contributed by atoms with van der Waals surface area (Å²) >= 11 is 1.37. The number of aryl methyl sites for hydroxylation is 1. The largest absolute Gasteiger partial charge is 0.384 e. The second-order valence-electron chi connectivity index (χ2n) is 10.7. The number of hydrogen-bond donors (Lipinski definition) is 2. The lowest BCUT2D eigenvalue weighted by Gasteiger charge is -2.28. The van der Waals surface area contributed by atoms with E-state index in [1.807, 2.05) is 44.5 Å². The van der Waals surface area contributed by atoms with Gasteiger partial charge in [-0.05, 0) is 37.2 Å². The van der Waals surface area contributed by atoms with Gasteiger partial charge in [0.25, 0.3) is 5.56 Å². The number of aldehydes is 1. The molecule has 0 amide bonds. The number of carbonyl (C=O) groups is 1. The molecule has 0 fully saturated rings. The molecule has 0 saturated carbocycles. The van der Waals surface area contributed by atoms with Crippen LogP contribution in [0.25, 0.3) is 27.9 Å². The normalized spacial score (nSPS) is 11.4. The highest BCUT2D eigenvalue weighted by molar-refractivity contribution is 7.13. The number of H-pyrrole nitrogens is 2. The van der Waals surface area contributed by atoms with Gasteiger partial charge in [-0.1, -0.05) is 99.5 Å². The molecule has 42 heavy (non-hydrogen) atoms. The molecule has 234 valence electrons. The lowest BCUT2D eigenvalue weighted by atomic mass is 9.79. The highest BCUT2D eigenvalue weighted by atomic mass is 32.1. The first-order valence-electron chi connectivity index (χ1n) is 15.2. The molecule has 3 rings (SSSR count). The Kier molecular flexibility index (Phi) is 20.1. The molecule has 0 aliphatic rings. The van der Waals surface area contributed by atoms with Gasteiger partial charge in [0.05, 0.1) is 11.3 Å². The van der Waals surface area contributed by atoms with E-state index in [9.17, 15) is 9.59 Å². The molecule has 0 bridgehead atoms. The predicted octanol–water partition coefficient (Wildman–Crippen LogP) is 10.1. The van der Waals surface area contributed by atoms with E-state index in [0.717, 1.165) is 35.0 Å². The van der Waals surface area contributed by atoms with E-state index < -0.39 is 0 Å². The average molecular weight is 598 g/mol. The third kappa shape index (κ3) is 13.3. The Labute approximate surface area is 258 Å². The third-order valence-corrected chi connectivity index (χ3v) is 7.22. The first-order chi connectivity index (χ1) is 20.1. The molecule has 1 unspecified atom stereocenters. The summed E-state index contributed by atoms with van der Waals surface area (Å²) in [5.41, 5.74) is 4.82. The summed E-state index contributed by atoms with van der Waals surface area (Å²) in [6, 6.07) is 1.55. The minimum Gasteiger partial charge on any atom is -0.384 e. The molecule has 3 aromatic rings. The minimum atomic E-state index is -0.265. The van der Waals surface area contributed by atoms with Gasteiger partial charge < -0.3 is 14.7 Å². The van der Waals surface area contributed by atoms with Crippen molar-refractivity contribution in [1.82, 2.24) is 15.0 Å². The number of nitrogens with zero attached hydrogens (tertiary/aromatic N) is 1. The highest BCUT2D eigenvalue weighted by Gasteiger charge is 2.21. The molecule has 1 atom stereocenters. The zero-order valence-electron chi connectivity index (χ0n) is 27.7. The van der Waals surface area contributed by atoms with Crippen LogP contribution in [0.3, 0.4) is 0 Å². The van der Waals surface area contributed by atoms with Crippen molar-refractivity contribution >= 4 is 23.7 Å². The smallest absolute Gasteiger partial charge is 0.258 e. The van der Waals surface area contributed by atoms with Gasteiger partial charge in [-0.3, -0.25) is 9.59 Å². The van der Waals surface area contributed by atoms with Gasteiger partial charge in [-0.15, -0.1) is 11.3 Å². The molecule has 7 heteroatoms.